The SMILES string of the molecule is CCc1n[nH]c(=O)c(C(=O)NCC(N)c2ccc(C(C)C)cc2)c1CC. The zero-order chi connectivity index (χ0) is 19.3. The van der Waals surface area contributed by atoms with Crippen molar-refractivity contribution < 1.29 is 4.79 Å². The molecule has 1 unspecified atom stereocenters. The number of aryl methyl sites for hydroxylation is 1. The van der Waals surface area contributed by atoms with Gasteiger partial charge in [-0.15, -0.1) is 0 Å². The monoisotopic (exact) mass is 356 g/mol. The average Bonchev–Trinajstić information content (AvgIpc) is 2.65. The highest BCUT2D eigenvalue weighted by atomic mass is 16.2. The van der Waals surface area contributed by atoms with Crippen LogP contribution in [-0.2, 0) is 12.8 Å². The molecule has 6 nitrogen and oxygen atoms in total. The first kappa shape index (κ1) is 19.8. The maximum atomic E-state index is 12.6. The van der Waals surface area contributed by atoms with E-state index in [4.69, 9.17) is 5.73 Å². The molecule has 1 aromatic carbocycles. The van der Waals surface area contributed by atoms with Crippen LogP contribution in [0.15, 0.2) is 29.1 Å². The van der Waals surface area contributed by atoms with Crippen molar-refractivity contribution in [2.75, 3.05) is 6.54 Å². The minimum atomic E-state index is -0.466. The maximum Gasteiger partial charge on any atom is 0.277 e. The summed E-state index contributed by atoms with van der Waals surface area (Å²) < 4.78 is 0. The van der Waals surface area contributed by atoms with E-state index in [9.17, 15) is 9.59 Å². The van der Waals surface area contributed by atoms with Gasteiger partial charge in [0, 0.05) is 12.6 Å². The minimum Gasteiger partial charge on any atom is -0.350 e. The van der Waals surface area contributed by atoms with Crippen molar-refractivity contribution in [3.05, 3.63) is 62.6 Å². The Morgan fingerprint density at radius 2 is 1.77 bits per heavy atom. The second kappa shape index (κ2) is 8.76. The summed E-state index contributed by atoms with van der Waals surface area (Å²) in [5.41, 5.74) is 9.50. The van der Waals surface area contributed by atoms with Gasteiger partial charge in [-0.1, -0.05) is 52.0 Å². The number of nitrogens with zero attached hydrogens (tertiary/aromatic N) is 1. The van der Waals surface area contributed by atoms with Crippen LogP contribution in [0.2, 0.25) is 0 Å². The van der Waals surface area contributed by atoms with E-state index in [1.807, 2.05) is 26.0 Å². The van der Waals surface area contributed by atoms with Gasteiger partial charge in [-0.05, 0) is 35.4 Å². The number of carbonyl (C=O) groups excluding carboxylic acids is 1. The standard InChI is InChI=1S/C20H28N4O2/c1-5-15-17(6-2)23-24-20(26)18(15)19(25)22-11-16(21)14-9-7-13(8-10-14)12(3)4/h7-10,12,16H,5-6,11,21H2,1-4H3,(H,22,25)(H,24,26). The summed E-state index contributed by atoms with van der Waals surface area (Å²) in [5, 5.41) is 9.24. The lowest BCUT2D eigenvalue weighted by molar-refractivity contribution is 0.0948. The maximum absolute atomic E-state index is 12.6. The summed E-state index contributed by atoms with van der Waals surface area (Å²) in [7, 11) is 0. The van der Waals surface area contributed by atoms with Crippen LogP contribution in [-0.4, -0.2) is 22.6 Å². The van der Waals surface area contributed by atoms with Gasteiger partial charge in [0.15, 0.2) is 0 Å². The third-order valence-corrected chi connectivity index (χ3v) is 4.60. The number of aromatic amines is 1. The molecule has 2 rings (SSSR count). The van der Waals surface area contributed by atoms with Gasteiger partial charge in [0.05, 0.1) is 5.69 Å². The van der Waals surface area contributed by atoms with Gasteiger partial charge in [0.1, 0.15) is 5.56 Å². The van der Waals surface area contributed by atoms with Crippen LogP contribution >= 0.6 is 0 Å². The van der Waals surface area contributed by atoms with E-state index in [2.05, 4.69) is 41.5 Å². The summed E-state index contributed by atoms with van der Waals surface area (Å²) in [6.07, 6.45) is 1.23. The summed E-state index contributed by atoms with van der Waals surface area (Å²) >= 11 is 0. The van der Waals surface area contributed by atoms with E-state index >= 15 is 0 Å². The first-order valence-corrected chi connectivity index (χ1v) is 9.13. The molecule has 1 aromatic heterocycles. The number of rotatable bonds is 7. The van der Waals surface area contributed by atoms with E-state index in [1.165, 1.54) is 5.56 Å². The van der Waals surface area contributed by atoms with Crippen LogP contribution in [0.5, 0.6) is 0 Å². The minimum absolute atomic E-state index is 0.140. The zero-order valence-corrected chi connectivity index (χ0v) is 15.9. The number of hydrogen-bond acceptors (Lipinski definition) is 4. The Labute approximate surface area is 154 Å². The quantitative estimate of drug-likeness (QED) is 0.709. The van der Waals surface area contributed by atoms with E-state index in [0.717, 1.165) is 11.3 Å². The summed E-state index contributed by atoms with van der Waals surface area (Å²) in [6, 6.07) is 7.74. The topological polar surface area (TPSA) is 101 Å². The highest BCUT2D eigenvalue weighted by Crippen LogP contribution is 2.17. The fraction of sp³-hybridized carbons (Fsp3) is 0.450. The van der Waals surface area contributed by atoms with Gasteiger partial charge < -0.3 is 11.1 Å². The van der Waals surface area contributed by atoms with Gasteiger partial charge in [-0.2, -0.15) is 5.10 Å². The molecule has 1 heterocycles. The molecule has 2 aromatic rings. The Morgan fingerprint density at radius 3 is 2.31 bits per heavy atom. The largest absolute Gasteiger partial charge is 0.350 e. The van der Waals surface area contributed by atoms with Gasteiger partial charge in [-0.3, -0.25) is 9.59 Å². The Bertz CT molecular complexity index is 810. The van der Waals surface area contributed by atoms with E-state index in [0.29, 0.717) is 24.3 Å². The summed E-state index contributed by atoms with van der Waals surface area (Å²) in [4.78, 5) is 24.7. The average molecular weight is 356 g/mol. The molecular formula is C20H28N4O2. The van der Waals surface area contributed by atoms with Crippen molar-refractivity contribution in [2.45, 2.75) is 52.5 Å². The molecule has 0 fully saturated rings. The van der Waals surface area contributed by atoms with Crippen molar-refractivity contribution in [3.8, 4) is 0 Å². The van der Waals surface area contributed by atoms with Gasteiger partial charge in [-0.25, -0.2) is 5.10 Å². The van der Waals surface area contributed by atoms with Gasteiger partial charge in [0.2, 0.25) is 0 Å². The molecule has 1 amide bonds. The van der Waals surface area contributed by atoms with Crippen LogP contribution in [0.1, 0.15) is 72.4 Å². The Morgan fingerprint density at radius 1 is 1.15 bits per heavy atom. The molecule has 26 heavy (non-hydrogen) atoms. The lowest BCUT2D eigenvalue weighted by atomic mass is 9.99. The molecule has 0 radical (unpaired) electrons. The predicted molar refractivity (Wildman–Crippen MR) is 103 cm³/mol. The lowest BCUT2D eigenvalue weighted by Gasteiger charge is -2.16. The highest BCUT2D eigenvalue weighted by Gasteiger charge is 2.19. The smallest absolute Gasteiger partial charge is 0.277 e. The lowest BCUT2D eigenvalue weighted by Crippen LogP contribution is -2.36. The molecule has 0 aliphatic heterocycles. The predicted octanol–water partition coefficient (Wildman–Crippen LogP) is 2.45. The van der Waals surface area contributed by atoms with Crippen molar-refractivity contribution >= 4 is 5.91 Å². The number of hydrogen-bond donors (Lipinski definition) is 3. The third kappa shape index (κ3) is 4.38. The Kier molecular flexibility index (Phi) is 6.69. The second-order valence-electron chi connectivity index (χ2n) is 6.70. The van der Waals surface area contributed by atoms with Crippen molar-refractivity contribution in [3.63, 3.8) is 0 Å². The second-order valence-corrected chi connectivity index (χ2v) is 6.70. The van der Waals surface area contributed by atoms with E-state index in [1.54, 1.807) is 0 Å². The van der Waals surface area contributed by atoms with Crippen molar-refractivity contribution in [1.82, 2.24) is 15.5 Å². The fourth-order valence-corrected chi connectivity index (χ4v) is 2.97. The van der Waals surface area contributed by atoms with Crippen LogP contribution in [0.3, 0.4) is 0 Å². The molecule has 6 heteroatoms. The fourth-order valence-electron chi connectivity index (χ4n) is 2.97. The molecule has 0 bridgehead atoms. The molecule has 140 valence electrons. The Hall–Kier alpha value is -2.47. The number of benzene rings is 1. The molecular weight excluding hydrogens is 328 g/mol. The molecule has 0 spiro atoms. The normalized spacial score (nSPS) is 12.2. The van der Waals surface area contributed by atoms with Gasteiger partial charge >= 0.3 is 0 Å². The van der Waals surface area contributed by atoms with Crippen molar-refractivity contribution in [1.29, 1.82) is 0 Å². The van der Waals surface area contributed by atoms with Crippen LogP contribution in [0.4, 0.5) is 0 Å². The van der Waals surface area contributed by atoms with Gasteiger partial charge in [0.25, 0.3) is 11.5 Å². The number of amides is 1. The van der Waals surface area contributed by atoms with E-state index < -0.39 is 11.5 Å². The van der Waals surface area contributed by atoms with Crippen molar-refractivity contribution in [2.24, 2.45) is 5.73 Å². The molecule has 0 saturated heterocycles. The summed E-state index contributed by atoms with van der Waals surface area (Å²) in [5.74, 6) is 0.0491. The number of aromatic nitrogens is 2. The van der Waals surface area contributed by atoms with Crippen LogP contribution in [0.25, 0.3) is 0 Å². The highest BCUT2D eigenvalue weighted by molar-refractivity contribution is 5.95. The molecule has 0 aliphatic carbocycles. The third-order valence-electron chi connectivity index (χ3n) is 4.60. The number of nitrogens with one attached hydrogen (secondary N) is 2. The summed E-state index contributed by atoms with van der Waals surface area (Å²) in [6.45, 7) is 8.38. The Balaban J connectivity index is 2.12. The zero-order valence-electron chi connectivity index (χ0n) is 15.9. The number of nitrogens with two attached hydrogens (primary N) is 1. The molecule has 1 atom stereocenters. The number of H-pyrrole nitrogens is 1. The van der Waals surface area contributed by atoms with Crippen LogP contribution in [0, 0.1) is 0 Å². The molecule has 0 aliphatic rings. The first-order chi connectivity index (χ1) is 12.4. The molecule has 0 saturated carbocycles. The number of carbonyl (C=O) groups is 1. The first-order valence-electron chi connectivity index (χ1n) is 9.13. The molecule has 4 N–H and O–H groups in total. The van der Waals surface area contributed by atoms with E-state index in [-0.39, 0.29) is 18.2 Å². The van der Waals surface area contributed by atoms with Crippen LogP contribution < -0.4 is 16.6 Å².